The highest BCUT2D eigenvalue weighted by atomic mass is 19.2. The van der Waals surface area contributed by atoms with Crippen LogP contribution < -0.4 is 0 Å². The average Bonchev–Trinajstić information content (AvgIpc) is 2.62. The Morgan fingerprint density at radius 2 is 1.48 bits per heavy atom. The van der Waals surface area contributed by atoms with E-state index >= 15 is 0 Å². The molecule has 2 fully saturated rings. The molecule has 0 aromatic heterocycles. The zero-order valence-corrected chi connectivity index (χ0v) is 16.3. The molecule has 0 radical (unpaired) electrons. The predicted octanol–water partition coefficient (Wildman–Crippen LogP) is 7.49. The molecule has 144 valence electrons. The quantitative estimate of drug-likeness (QED) is 0.340. The molecule has 0 aromatic carbocycles. The van der Waals surface area contributed by atoms with Crippen LogP contribution in [0.4, 0.5) is 8.78 Å². The van der Waals surface area contributed by atoms with Crippen LogP contribution in [0.2, 0.25) is 0 Å². The van der Waals surface area contributed by atoms with E-state index in [4.69, 9.17) is 4.74 Å². The summed E-state index contributed by atoms with van der Waals surface area (Å²) in [4.78, 5) is 0. The number of hydrogen-bond acceptors (Lipinski definition) is 1. The van der Waals surface area contributed by atoms with Crippen molar-refractivity contribution < 1.29 is 13.5 Å². The highest BCUT2D eigenvalue weighted by molar-refractivity contribution is 5.22. The second-order valence-electron chi connectivity index (χ2n) is 8.13. The van der Waals surface area contributed by atoms with E-state index in [9.17, 15) is 8.78 Å². The van der Waals surface area contributed by atoms with Gasteiger partial charge in [-0.2, -0.15) is 0 Å². The number of hydrogen-bond donors (Lipinski definition) is 0. The van der Waals surface area contributed by atoms with E-state index in [1.54, 1.807) is 13.0 Å². The molecular weight excluding hydrogens is 318 g/mol. The van der Waals surface area contributed by atoms with E-state index < -0.39 is 11.7 Å². The standard InChI is InChI=1S/C22H36F2O/c1-4-6-21(25-5-2)22(24)20(23)15-17-9-13-19(14-10-17)18-11-7-16(3)8-12-18/h6,16-19H,4-5,7-15H2,1-3H3/b21-6+,22-20-. The Bertz CT molecular complexity index is 453. The fraction of sp³-hybridized carbons (Fsp3) is 0.818. The maximum atomic E-state index is 14.4. The highest BCUT2D eigenvalue weighted by Crippen LogP contribution is 2.42. The summed E-state index contributed by atoms with van der Waals surface area (Å²) in [6.07, 6.45) is 12.5. The topological polar surface area (TPSA) is 9.23 Å². The second kappa shape index (κ2) is 10.3. The first-order chi connectivity index (χ1) is 12.0. The largest absolute Gasteiger partial charge is 0.491 e. The van der Waals surface area contributed by atoms with Crippen molar-refractivity contribution in [2.75, 3.05) is 6.61 Å². The fourth-order valence-electron chi connectivity index (χ4n) is 4.65. The van der Waals surface area contributed by atoms with Gasteiger partial charge in [-0.3, -0.25) is 0 Å². The SMILES string of the molecule is CC/C=C(OCC)\C(F)=C(\F)CC1CCC(C2CCC(C)CC2)CC1. The lowest BCUT2D eigenvalue weighted by atomic mass is 9.69. The summed E-state index contributed by atoms with van der Waals surface area (Å²) in [6, 6.07) is 0. The molecule has 0 heterocycles. The first-order valence-electron chi connectivity index (χ1n) is 10.4. The van der Waals surface area contributed by atoms with Crippen LogP contribution in [0.25, 0.3) is 0 Å². The number of rotatable bonds is 7. The van der Waals surface area contributed by atoms with Crippen LogP contribution in [0.1, 0.15) is 85.0 Å². The van der Waals surface area contributed by atoms with E-state index in [1.165, 1.54) is 38.5 Å². The lowest BCUT2D eigenvalue weighted by Gasteiger charge is -2.37. The number of halogens is 2. The molecule has 25 heavy (non-hydrogen) atoms. The molecule has 0 saturated heterocycles. The normalized spacial score (nSPS) is 32.3. The van der Waals surface area contributed by atoms with Crippen LogP contribution in [0.3, 0.4) is 0 Å². The fourth-order valence-corrected chi connectivity index (χ4v) is 4.65. The minimum Gasteiger partial charge on any atom is -0.491 e. The Kier molecular flexibility index (Phi) is 8.45. The zero-order valence-electron chi connectivity index (χ0n) is 16.3. The molecule has 0 spiro atoms. The van der Waals surface area contributed by atoms with E-state index in [2.05, 4.69) is 6.92 Å². The summed E-state index contributed by atoms with van der Waals surface area (Å²) in [7, 11) is 0. The second-order valence-corrected chi connectivity index (χ2v) is 8.13. The van der Waals surface area contributed by atoms with Gasteiger partial charge < -0.3 is 4.74 Å². The van der Waals surface area contributed by atoms with Crippen molar-refractivity contribution in [2.45, 2.75) is 85.0 Å². The van der Waals surface area contributed by atoms with Crippen LogP contribution in [0.15, 0.2) is 23.5 Å². The van der Waals surface area contributed by atoms with Gasteiger partial charge >= 0.3 is 0 Å². The molecule has 2 rings (SSSR count). The predicted molar refractivity (Wildman–Crippen MR) is 100 cm³/mol. The van der Waals surface area contributed by atoms with Gasteiger partial charge in [0.2, 0.25) is 0 Å². The summed E-state index contributed by atoms with van der Waals surface area (Å²) in [5, 5.41) is 0. The molecule has 2 aliphatic carbocycles. The van der Waals surface area contributed by atoms with E-state index in [0.29, 0.717) is 13.0 Å². The van der Waals surface area contributed by atoms with Gasteiger partial charge in [0.05, 0.1) is 6.61 Å². The first-order valence-corrected chi connectivity index (χ1v) is 10.4. The Labute approximate surface area is 152 Å². The van der Waals surface area contributed by atoms with Crippen molar-refractivity contribution in [1.82, 2.24) is 0 Å². The van der Waals surface area contributed by atoms with Crippen LogP contribution in [-0.2, 0) is 4.74 Å². The van der Waals surface area contributed by atoms with Gasteiger partial charge in [0.25, 0.3) is 0 Å². The van der Waals surface area contributed by atoms with Crippen LogP contribution in [-0.4, -0.2) is 6.61 Å². The lowest BCUT2D eigenvalue weighted by Crippen LogP contribution is -2.25. The molecule has 0 N–H and O–H groups in total. The Morgan fingerprint density at radius 3 is 2.00 bits per heavy atom. The van der Waals surface area contributed by atoms with Gasteiger partial charge in [-0.15, -0.1) is 0 Å². The summed E-state index contributed by atoms with van der Waals surface area (Å²) < 4.78 is 33.9. The molecule has 0 amide bonds. The zero-order chi connectivity index (χ0) is 18.2. The van der Waals surface area contributed by atoms with E-state index in [0.717, 1.165) is 30.6 Å². The smallest absolute Gasteiger partial charge is 0.196 e. The molecule has 1 nitrogen and oxygen atoms in total. The molecule has 0 bridgehead atoms. The lowest BCUT2D eigenvalue weighted by molar-refractivity contribution is 0.147. The summed E-state index contributed by atoms with van der Waals surface area (Å²) in [5.41, 5.74) is 0. The molecule has 2 aliphatic rings. The van der Waals surface area contributed by atoms with E-state index in [-0.39, 0.29) is 18.1 Å². The molecular formula is C22H36F2O. The van der Waals surface area contributed by atoms with Crippen molar-refractivity contribution in [3.63, 3.8) is 0 Å². The molecule has 0 unspecified atom stereocenters. The van der Waals surface area contributed by atoms with Crippen molar-refractivity contribution in [1.29, 1.82) is 0 Å². The molecule has 2 saturated carbocycles. The summed E-state index contributed by atoms with van der Waals surface area (Å²) in [5.74, 6) is 1.55. The van der Waals surface area contributed by atoms with E-state index in [1.807, 2.05) is 6.92 Å². The van der Waals surface area contributed by atoms with Crippen molar-refractivity contribution >= 4 is 0 Å². The first kappa shape index (κ1) is 20.5. The molecule has 3 heteroatoms. The van der Waals surface area contributed by atoms with Crippen LogP contribution >= 0.6 is 0 Å². The molecule has 0 atom stereocenters. The van der Waals surface area contributed by atoms with Gasteiger partial charge in [-0.05, 0) is 81.6 Å². The monoisotopic (exact) mass is 354 g/mol. The van der Waals surface area contributed by atoms with Gasteiger partial charge in [0, 0.05) is 6.42 Å². The minimum atomic E-state index is -0.785. The van der Waals surface area contributed by atoms with Crippen molar-refractivity contribution in [2.24, 2.45) is 23.7 Å². The third kappa shape index (κ3) is 6.11. The van der Waals surface area contributed by atoms with Crippen LogP contribution in [0.5, 0.6) is 0 Å². The van der Waals surface area contributed by atoms with Gasteiger partial charge in [0.15, 0.2) is 11.6 Å². The maximum Gasteiger partial charge on any atom is 0.196 e. The summed E-state index contributed by atoms with van der Waals surface area (Å²) in [6.45, 7) is 6.41. The average molecular weight is 355 g/mol. The Balaban J connectivity index is 1.84. The minimum absolute atomic E-state index is 0.0764. The Hall–Kier alpha value is -0.860. The van der Waals surface area contributed by atoms with Gasteiger partial charge in [-0.1, -0.05) is 26.7 Å². The highest BCUT2D eigenvalue weighted by Gasteiger charge is 2.30. The third-order valence-corrected chi connectivity index (χ3v) is 6.23. The van der Waals surface area contributed by atoms with Crippen molar-refractivity contribution in [3.8, 4) is 0 Å². The maximum absolute atomic E-state index is 14.4. The molecule has 0 aliphatic heterocycles. The third-order valence-electron chi connectivity index (χ3n) is 6.23. The summed E-state index contributed by atoms with van der Waals surface area (Å²) >= 11 is 0. The Morgan fingerprint density at radius 1 is 0.920 bits per heavy atom. The van der Waals surface area contributed by atoms with Crippen molar-refractivity contribution in [3.05, 3.63) is 23.5 Å². The molecule has 0 aromatic rings. The number of ether oxygens (including phenoxy) is 1. The van der Waals surface area contributed by atoms with Gasteiger partial charge in [-0.25, -0.2) is 8.78 Å². The number of allylic oxidation sites excluding steroid dienone is 3. The van der Waals surface area contributed by atoms with Gasteiger partial charge in [0.1, 0.15) is 5.83 Å². The van der Waals surface area contributed by atoms with Crippen LogP contribution in [0, 0.1) is 23.7 Å².